The van der Waals surface area contributed by atoms with Crippen molar-refractivity contribution in [3.8, 4) is 16.9 Å². The first-order valence-corrected chi connectivity index (χ1v) is 13.2. The van der Waals surface area contributed by atoms with E-state index >= 15 is 0 Å². The molecule has 4 aromatic rings. The number of ether oxygens (including phenoxy) is 1. The monoisotopic (exact) mass is 505 g/mol. The Labute approximate surface area is 223 Å². The molecule has 2 aliphatic heterocycles. The SMILES string of the molecule is CNc1cccc(-c2c3nc(cc4ccc([nH]4)c(OC)c4nc(cc5ccc2[nH]5)C(C)(C)C4)C(C)(C)C3)c1. The molecule has 38 heavy (non-hydrogen) atoms. The first kappa shape index (κ1) is 24.3. The van der Waals surface area contributed by atoms with Gasteiger partial charge in [0.2, 0.25) is 0 Å². The Morgan fingerprint density at radius 1 is 0.763 bits per heavy atom. The maximum Gasteiger partial charge on any atom is 0.163 e. The molecule has 0 amide bonds. The van der Waals surface area contributed by atoms with Crippen LogP contribution in [0.2, 0.25) is 0 Å². The Kier molecular flexibility index (Phi) is 5.60. The Morgan fingerprint density at radius 3 is 2.03 bits per heavy atom. The molecule has 0 aliphatic carbocycles. The van der Waals surface area contributed by atoms with Crippen LogP contribution in [-0.2, 0) is 23.7 Å². The van der Waals surface area contributed by atoms with Gasteiger partial charge in [-0.3, -0.25) is 9.97 Å². The lowest BCUT2D eigenvalue weighted by Gasteiger charge is -2.16. The molecule has 3 aromatic heterocycles. The second-order valence-electron chi connectivity index (χ2n) is 11.7. The van der Waals surface area contributed by atoms with Crippen LogP contribution in [0.5, 0.6) is 5.75 Å². The van der Waals surface area contributed by atoms with Crippen molar-refractivity contribution < 1.29 is 4.74 Å². The molecule has 1 aromatic carbocycles. The molecule has 0 radical (unpaired) electrons. The van der Waals surface area contributed by atoms with Crippen molar-refractivity contribution in [1.29, 1.82) is 0 Å². The highest BCUT2D eigenvalue weighted by Gasteiger charge is 2.32. The summed E-state index contributed by atoms with van der Waals surface area (Å²) in [5, 5.41) is 3.28. The van der Waals surface area contributed by atoms with E-state index in [-0.39, 0.29) is 10.8 Å². The zero-order chi connectivity index (χ0) is 26.7. The lowest BCUT2D eigenvalue weighted by molar-refractivity contribution is 0.409. The number of rotatable bonds is 3. The molecule has 0 spiro atoms. The predicted octanol–water partition coefficient (Wildman–Crippen LogP) is 7.07. The van der Waals surface area contributed by atoms with Crippen molar-refractivity contribution in [3.63, 3.8) is 0 Å². The molecule has 0 fully saturated rings. The van der Waals surface area contributed by atoms with Crippen LogP contribution in [0.1, 0.15) is 50.5 Å². The molecule has 5 heterocycles. The number of nitrogens with one attached hydrogen (secondary N) is 3. The van der Waals surface area contributed by atoms with Crippen LogP contribution in [0.25, 0.3) is 33.2 Å². The zero-order valence-electron chi connectivity index (χ0n) is 23.0. The Bertz CT molecular complexity index is 1710. The van der Waals surface area contributed by atoms with E-state index in [2.05, 4.69) is 104 Å². The van der Waals surface area contributed by atoms with Crippen molar-refractivity contribution in [3.05, 3.63) is 83.4 Å². The lowest BCUT2D eigenvalue weighted by atomic mass is 9.85. The number of methoxy groups -OCH3 is 1. The highest BCUT2D eigenvalue weighted by molar-refractivity contribution is 5.85. The van der Waals surface area contributed by atoms with Gasteiger partial charge in [-0.15, -0.1) is 0 Å². The molecule has 0 atom stereocenters. The highest BCUT2D eigenvalue weighted by atomic mass is 16.5. The van der Waals surface area contributed by atoms with Gasteiger partial charge in [-0.1, -0.05) is 39.8 Å². The topological polar surface area (TPSA) is 78.6 Å². The molecular formula is C32H35N5O. The maximum atomic E-state index is 5.89. The fraction of sp³-hybridized carbons (Fsp3) is 0.312. The summed E-state index contributed by atoms with van der Waals surface area (Å²) in [5.41, 5.74) is 11.3. The summed E-state index contributed by atoms with van der Waals surface area (Å²) in [6.45, 7) is 9.01. The molecular weight excluding hydrogens is 470 g/mol. The van der Waals surface area contributed by atoms with Gasteiger partial charge in [-0.25, -0.2) is 0 Å². The van der Waals surface area contributed by atoms with Crippen LogP contribution in [0, 0.1) is 0 Å². The third-order valence-corrected chi connectivity index (χ3v) is 7.83. The van der Waals surface area contributed by atoms with Crippen molar-refractivity contribution in [2.75, 3.05) is 19.5 Å². The third kappa shape index (κ3) is 4.14. The van der Waals surface area contributed by atoms with Crippen LogP contribution in [0.15, 0.2) is 60.7 Å². The molecule has 2 aliphatic rings. The van der Waals surface area contributed by atoms with Gasteiger partial charge in [0.05, 0.1) is 24.0 Å². The van der Waals surface area contributed by atoms with E-state index in [9.17, 15) is 0 Å². The quantitative estimate of drug-likeness (QED) is 0.278. The van der Waals surface area contributed by atoms with E-state index in [1.165, 1.54) is 0 Å². The van der Waals surface area contributed by atoms with E-state index in [0.717, 1.165) is 80.2 Å². The van der Waals surface area contributed by atoms with Crippen molar-refractivity contribution in [2.45, 2.75) is 51.4 Å². The summed E-state index contributed by atoms with van der Waals surface area (Å²) in [6, 6.07) is 21.4. The standard InChI is InChI=1S/C32H35N5O/c1-31(2)17-25-29(19-8-7-9-20(14-19)33-5)23-12-10-21(34-23)15-28-32(3,4)18-26(37-28)30(38-6)24-13-11-22(35-24)16-27(31)36-25/h7-16,33-35H,17-18H2,1-6H3. The van der Waals surface area contributed by atoms with E-state index in [4.69, 9.17) is 14.7 Å². The van der Waals surface area contributed by atoms with Crippen molar-refractivity contribution in [1.82, 2.24) is 19.9 Å². The number of aromatic amines is 2. The van der Waals surface area contributed by atoms with Crippen LogP contribution in [0.3, 0.4) is 0 Å². The number of nitrogens with zero attached hydrogens (tertiary/aromatic N) is 2. The molecule has 194 valence electrons. The third-order valence-electron chi connectivity index (χ3n) is 7.83. The minimum atomic E-state index is -0.114. The molecule has 6 nitrogen and oxygen atoms in total. The Balaban J connectivity index is 1.75. The summed E-state index contributed by atoms with van der Waals surface area (Å²) < 4.78 is 5.89. The van der Waals surface area contributed by atoms with Gasteiger partial charge in [0.1, 0.15) is 0 Å². The summed E-state index contributed by atoms with van der Waals surface area (Å²) in [4.78, 5) is 17.6. The minimum absolute atomic E-state index is 0.112. The number of fused-ring (bicyclic) bond motifs is 8. The van der Waals surface area contributed by atoms with E-state index in [1.54, 1.807) is 7.11 Å². The summed E-state index contributed by atoms with van der Waals surface area (Å²) >= 11 is 0. The second-order valence-corrected chi connectivity index (χ2v) is 11.7. The largest absolute Gasteiger partial charge is 0.493 e. The number of hydrogen-bond acceptors (Lipinski definition) is 4. The van der Waals surface area contributed by atoms with Crippen molar-refractivity contribution in [2.24, 2.45) is 0 Å². The van der Waals surface area contributed by atoms with E-state index < -0.39 is 0 Å². The van der Waals surface area contributed by atoms with E-state index in [1.807, 2.05) is 7.05 Å². The molecule has 0 saturated heterocycles. The molecule has 8 bridgehead atoms. The van der Waals surface area contributed by atoms with Gasteiger partial charge < -0.3 is 20.0 Å². The van der Waals surface area contributed by atoms with Crippen LogP contribution in [-0.4, -0.2) is 34.1 Å². The highest BCUT2D eigenvalue weighted by Crippen LogP contribution is 2.39. The zero-order valence-corrected chi connectivity index (χ0v) is 23.0. The molecule has 0 saturated carbocycles. The lowest BCUT2D eigenvalue weighted by Crippen LogP contribution is -2.15. The number of hydrogen-bond donors (Lipinski definition) is 3. The van der Waals surface area contributed by atoms with Crippen LogP contribution in [0.4, 0.5) is 5.69 Å². The van der Waals surface area contributed by atoms with Gasteiger partial charge >= 0.3 is 0 Å². The Morgan fingerprint density at radius 2 is 1.37 bits per heavy atom. The number of benzene rings is 1. The van der Waals surface area contributed by atoms with Gasteiger partial charge in [0.15, 0.2) is 5.75 Å². The predicted molar refractivity (Wildman–Crippen MR) is 156 cm³/mol. The van der Waals surface area contributed by atoms with Gasteiger partial charge in [0, 0.05) is 69.9 Å². The summed E-state index contributed by atoms with van der Waals surface area (Å²) in [5.74, 6) is 0.792. The first-order valence-electron chi connectivity index (χ1n) is 13.2. The summed E-state index contributed by atoms with van der Waals surface area (Å²) in [6.07, 6.45) is 1.65. The molecule has 0 unspecified atom stereocenters. The van der Waals surface area contributed by atoms with E-state index in [0.29, 0.717) is 0 Å². The fourth-order valence-corrected chi connectivity index (χ4v) is 5.68. The average Bonchev–Trinajstić information content (AvgIpc) is 3.64. The van der Waals surface area contributed by atoms with Crippen LogP contribution >= 0.6 is 0 Å². The fourth-order valence-electron chi connectivity index (χ4n) is 5.68. The van der Waals surface area contributed by atoms with Gasteiger partial charge in [0.25, 0.3) is 0 Å². The normalized spacial score (nSPS) is 15.8. The number of anilines is 1. The first-order chi connectivity index (χ1) is 18.2. The maximum absolute atomic E-state index is 5.89. The van der Waals surface area contributed by atoms with Gasteiger partial charge in [-0.2, -0.15) is 0 Å². The average molecular weight is 506 g/mol. The second kappa shape index (κ2) is 8.76. The molecule has 6 heteroatoms. The van der Waals surface area contributed by atoms with Gasteiger partial charge in [-0.05, 0) is 54.1 Å². The summed E-state index contributed by atoms with van der Waals surface area (Å²) in [7, 11) is 3.67. The number of aromatic nitrogens is 4. The smallest absolute Gasteiger partial charge is 0.163 e. The number of H-pyrrole nitrogens is 2. The molecule has 6 rings (SSSR count). The molecule has 3 N–H and O–H groups in total. The minimum Gasteiger partial charge on any atom is -0.493 e. The Hall–Kier alpha value is -4.06. The van der Waals surface area contributed by atoms with Crippen LogP contribution < -0.4 is 10.1 Å². The van der Waals surface area contributed by atoms with Crippen molar-refractivity contribution >= 4 is 27.8 Å².